The number of hydrogen-bond acceptors (Lipinski definition) is 4. The number of amides is 1. The number of fused-ring (bicyclic) bond motifs is 2. The first kappa shape index (κ1) is 19.1. The van der Waals surface area contributed by atoms with Crippen LogP contribution < -0.4 is 0 Å². The molecule has 5 nitrogen and oxygen atoms in total. The summed E-state index contributed by atoms with van der Waals surface area (Å²) < 4.78 is 5.55. The largest absolute Gasteiger partial charge is 0.465 e. The third-order valence-corrected chi connectivity index (χ3v) is 6.18. The molecular formula is C25H26N2O3. The first-order valence-corrected chi connectivity index (χ1v) is 10.7. The second kappa shape index (κ2) is 7.73. The van der Waals surface area contributed by atoms with E-state index in [4.69, 9.17) is 9.40 Å². The number of allylic oxidation sites excluding steroid dienone is 1. The number of hydrogen-bond donors (Lipinski definition) is 1. The van der Waals surface area contributed by atoms with Crippen molar-refractivity contribution >= 4 is 28.5 Å². The van der Waals surface area contributed by atoms with Crippen molar-refractivity contribution < 1.29 is 14.3 Å². The van der Waals surface area contributed by atoms with Gasteiger partial charge in [-0.1, -0.05) is 25.1 Å². The standard InChI is InChI=1S/C25H26N2O3/c1-16-12-17(14-19-7-5-11-30-19)24-21(13-16)23(20-8-2-3-9-22(20)26-24)25(29)27-10-4-6-18(28)15-27/h2-3,5,7-9,11,14,16,18,28H,4,6,10,12-13,15H2,1H3/b17-14-. The summed E-state index contributed by atoms with van der Waals surface area (Å²) in [5.41, 5.74) is 4.62. The van der Waals surface area contributed by atoms with Gasteiger partial charge < -0.3 is 14.4 Å². The molecule has 0 saturated carbocycles. The lowest BCUT2D eigenvalue weighted by atomic mass is 9.80. The van der Waals surface area contributed by atoms with Gasteiger partial charge in [0.1, 0.15) is 5.76 Å². The maximum absolute atomic E-state index is 13.7. The van der Waals surface area contributed by atoms with E-state index in [0.717, 1.165) is 64.7 Å². The fraction of sp³-hybridized carbons (Fsp3) is 0.360. The summed E-state index contributed by atoms with van der Waals surface area (Å²) in [6, 6.07) is 11.7. The van der Waals surface area contributed by atoms with E-state index >= 15 is 0 Å². The van der Waals surface area contributed by atoms with Crippen LogP contribution in [0.3, 0.4) is 0 Å². The van der Waals surface area contributed by atoms with E-state index in [-0.39, 0.29) is 5.91 Å². The molecule has 0 bridgehead atoms. The lowest BCUT2D eigenvalue weighted by Gasteiger charge is -2.33. The normalized spacial score (nSPS) is 23.0. The highest BCUT2D eigenvalue weighted by atomic mass is 16.3. The summed E-state index contributed by atoms with van der Waals surface area (Å²) in [6.07, 6.45) is 6.58. The Balaban J connectivity index is 1.70. The van der Waals surface area contributed by atoms with Crippen molar-refractivity contribution in [2.75, 3.05) is 13.1 Å². The van der Waals surface area contributed by atoms with E-state index in [1.165, 1.54) is 0 Å². The molecular weight excluding hydrogens is 376 g/mol. The minimum Gasteiger partial charge on any atom is -0.465 e. The van der Waals surface area contributed by atoms with Crippen molar-refractivity contribution in [3.8, 4) is 0 Å². The van der Waals surface area contributed by atoms with Crippen molar-refractivity contribution in [2.24, 2.45) is 5.92 Å². The molecule has 2 aromatic heterocycles. The Morgan fingerprint density at radius 3 is 2.90 bits per heavy atom. The second-order valence-corrected chi connectivity index (χ2v) is 8.58. The zero-order chi connectivity index (χ0) is 20.7. The first-order chi connectivity index (χ1) is 14.6. The van der Waals surface area contributed by atoms with E-state index in [0.29, 0.717) is 19.0 Å². The molecule has 1 fully saturated rings. The van der Waals surface area contributed by atoms with Gasteiger partial charge in [0.2, 0.25) is 0 Å². The lowest BCUT2D eigenvalue weighted by Crippen LogP contribution is -2.42. The highest BCUT2D eigenvalue weighted by molar-refractivity contribution is 6.09. The van der Waals surface area contributed by atoms with Gasteiger partial charge in [-0.05, 0) is 67.0 Å². The van der Waals surface area contributed by atoms with Crippen LogP contribution in [0.2, 0.25) is 0 Å². The molecule has 2 aliphatic rings. The zero-order valence-electron chi connectivity index (χ0n) is 17.2. The number of piperidine rings is 1. The number of carbonyl (C=O) groups excluding carboxylic acids is 1. The average Bonchev–Trinajstić information content (AvgIpc) is 3.25. The van der Waals surface area contributed by atoms with Gasteiger partial charge in [-0.15, -0.1) is 0 Å². The lowest BCUT2D eigenvalue weighted by molar-refractivity contribution is 0.0474. The van der Waals surface area contributed by atoms with E-state index < -0.39 is 6.10 Å². The van der Waals surface area contributed by atoms with Gasteiger partial charge in [0, 0.05) is 18.5 Å². The van der Waals surface area contributed by atoms with E-state index in [9.17, 15) is 9.90 Å². The van der Waals surface area contributed by atoms with Crippen LogP contribution in [-0.2, 0) is 6.42 Å². The summed E-state index contributed by atoms with van der Waals surface area (Å²) in [4.78, 5) is 20.5. The number of aliphatic hydroxyl groups is 1. The maximum atomic E-state index is 13.7. The highest BCUT2D eigenvalue weighted by Crippen LogP contribution is 2.39. The van der Waals surface area contributed by atoms with E-state index in [2.05, 4.69) is 13.0 Å². The number of rotatable bonds is 2. The Morgan fingerprint density at radius 1 is 1.23 bits per heavy atom. The number of carbonyl (C=O) groups is 1. The third kappa shape index (κ3) is 3.43. The molecule has 5 rings (SSSR count). The van der Waals surface area contributed by atoms with Gasteiger partial charge >= 0.3 is 0 Å². The highest BCUT2D eigenvalue weighted by Gasteiger charge is 2.31. The Hall–Kier alpha value is -2.92. The molecule has 0 spiro atoms. The van der Waals surface area contributed by atoms with Crippen molar-refractivity contribution in [1.29, 1.82) is 0 Å². The monoisotopic (exact) mass is 402 g/mol. The van der Waals surface area contributed by atoms with Gasteiger partial charge in [-0.3, -0.25) is 4.79 Å². The number of nitrogens with zero attached hydrogens (tertiary/aromatic N) is 2. The minimum atomic E-state index is -0.444. The number of furan rings is 1. The van der Waals surface area contributed by atoms with Crippen LogP contribution in [0.15, 0.2) is 47.1 Å². The van der Waals surface area contributed by atoms with Gasteiger partial charge in [0.25, 0.3) is 5.91 Å². The van der Waals surface area contributed by atoms with Crippen LogP contribution >= 0.6 is 0 Å². The molecule has 1 aliphatic heterocycles. The Morgan fingerprint density at radius 2 is 2.10 bits per heavy atom. The van der Waals surface area contributed by atoms with Gasteiger partial charge in [-0.2, -0.15) is 0 Å². The van der Waals surface area contributed by atoms with Crippen LogP contribution in [-0.4, -0.2) is 40.1 Å². The van der Waals surface area contributed by atoms with Gasteiger partial charge in [0.05, 0.1) is 29.1 Å². The predicted octanol–water partition coefficient (Wildman–Crippen LogP) is 4.55. The molecule has 2 atom stereocenters. The van der Waals surface area contributed by atoms with E-state index in [1.54, 1.807) is 6.26 Å². The van der Waals surface area contributed by atoms with Crippen LogP contribution in [0.1, 0.15) is 53.6 Å². The minimum absolute atomic E-state index is 0.00930. The molecule has 1 N–H and O–H groups in total. The molecule has 1 amide bonds. The summed E-state index contributed by atoms with van der Waals surface area (Å²) in [5, 5.41) is 11.0. The van der Waals surface area contributed by atoms with Gasteiger partial charge in [0.15, 0.2) is 0 Å². The number of benzene rings is 1. The van der Waals surface area contributed by atoms with Crippen molar-refractivity contribution in [3.05, 3.63) is 65.2 Å². The van der Waals surface area contributed by atoms with Crippen molar-refractivity contribution in [2.45, 2.75) is 38.7 Å². The second-order valence-electron chi connectivity index (χ2n) is 8.58. The number of para-hydroxylation sites is 1. The topological polar surface area (TPSA) is 66.6 Å². The molecule has 5 heteroatoms. The molecule has 1 aromatic carbocycles. The number of likely N-dealkylation sites (tertiary alicyclic amines) is 1. The Labute approximate surface area is 176 Å². The number of aliphatic hydroxyl groups excluding tert-OH is 1. The summed E-state index contributed by atoms with van der Waals surface area (Å²) in [6.45, 7) is 3.30. The molecule has 2 unspecified atom stereocenters. The number of β-amino-alcohol motifs (C(OH)–C–C–N with tert-alkyl or cyclic N) is 1. The fourth-order valence-corrected chi connectivity index (χ4v) is 4.82. The zero-order valence-corrected chi connectivity index (χ0v) is 17.2. The molecule has 30 heavy (non-hydrogen) atoms. The summed E-state index contributed by atoms with van der Waals surface area (Å²) in [7, 11) is 0. The van der Waals surface area contributed by atoms with E-state index in [1.807, 2.05) is 41.3 Å². The Kier molecular flexibility index (Phi) is 4.91. The molecule has 3 heterocycles. The molecule has 1 saturated heterocycles. The molecule has 1 aliphatic carbocycles. The third-order valence-electron chi connectivity index (χ3n) is 6.18. The smallest absolute Gasteiger partial charge is 0.254 e. The summed E-state index contributed by atoms with van der Waals surface area (Å²) in [5.74, 6) is 1.21. The van der Waals surface area contributed by atoms with Crippen LogP contribution in [0.5, 0.6) is 0 Å². The maximum Gasteiger partial charge on any atom is 0.254 e. The molecule has 154 valence electrons. The number of aromatic nitrogens is 1. The molecule has 0 radical (unpaired) electrons. The first-order valence-electron chi connectivity index (χ1n) is 10.7. The summed E-state index contributed by atoms with van der Waals surface area (Å²) >= 11 is 0. The van der Waals surface area contributed by atoms with Gasteiger partial charge in [-0.25, -0.2) is 4.98 Å². The van der Waals surface area contributed by atoms with Crippen LogP contribution in [0.4, 0.5) is 0 Å². The predicted molar refractivity (Wildman–Crippen MR) is 117 cm³/mol. The average molecular weight is 402 g/mol. The van der Waals surface area contributed by atoms with Crippen molar-refractivity contribution in [3.63, 3.8) is 0 Å². The number of pyridine rings is 1. The SMILES string of the molecule is CC1C/C(=C/c2ccco2)c2nc3ccccc3c(C(=O)N3CCCC(O)C3)c2C1. The molecule has 3 aromatic rings. The van der Waals surface area contributed by atoms with Crippen LogP contribution in [0.25, 0.3) is 22.6 Å². The quantitative estimate of drug-likeness (QED) is 0.683. The fourth-order valence-electron chi connectivity index (χ4n) is 4.82. The Bertz CT molecular complexity index is 1120. The van der Waals surface area contributed by atoms with Crippen LogP contribution in [0, 0.1) is 5.92 Å². The van der Waals surface area contributed by atoms with Crippen molar-refractivity contribution in [1.82, 2.24) is 9.88 Å².